The Balaban J connectivity index is 4.47. The van der Waals surface area contributed by atoms with Crippen LogP contribution < -0.4 is 0 Å². The molecular weight excluding hydrogens is 925 g/mol. The summed E-state index contributed by atoms with van der Waals surface area (Å²) in [5.41, 5.74) is 0. The van der Waals surface area contributed by atoms with Crippen LogP contribution in [0.4, 0.5) is 0 Å². The molecule has 0 bridgehead atoms. The molecule has 0 saturated heterocycles. The second kappa shape index (κ2) is 62.1. The first kappa shape index (κ1) is 70.5. The Morgan fingerprint density at radius 1 is 0.280 bits per heavy atom. The highest BCUT2D eigenvalue weighted by Crippen LogP contribution is 2.14. The van der Waals surface area contributed by atoms with E-state index in [1.54, 1.807) is 0 Å². The van der Waals surface area contributed by atoms with Gasteiger partial charge in [0, 0.05) is 19.3 Å². The lowest BCUT2D eigenvalue weighted by atomic mass is 10.1. The summed E-state index contributed by atoms with van der Waals surface area (Å²) in [7, 11) is 0. The molecule has 0 amide bonds. The van der Waals surface area contributed by atoms with Crippen LogP contribution in [-0.2, 0) is 28.6 Å². The number of esters is 3. The normalized spacial score (nSPS) is 13.1. The molecule has 0 radical (unpaired) electrons. The van der Waals surface area contributed by atoms with Gasteiger partial charge in [0.1, 0.15) is 13.2 Å². The van der Waals surface area contributed by atoms with Gasteiger partial charge in [-0.05, 0) is 135 Å². The van der Waals surface area contributed by atoms with E-state index in [9.17, 15) is 14.4 Å². The van der Waals surface area contributed by atoms with Gasteiger partial charge in [0.15, 0.2) is 6.10 Å². The Morgan fingerprint density at radius 2 is 0.520 bits per heavy atom. The van der Waals surface area contributed by atoms with Crippen LogP contribution >= 0.6 is 0 Å². The summed E-state index contributed by atoms with van der Waals surface area (Å²) in [6.45, 7) is 6.36. The van der Waals surface area contributed by atoms with E-state index in [0.29, 0.717) is 12.8 Å². The summed E-state index contributed by atoms with van der Waals surface area (Å²) in [6.07, 6.45) is 87.3. The molecule has 0 aromatic heterocycles. The zero-order valence-electron chi connectivity index (χ0n) is 48.5. The van der Waals surface area contributed by atoms with Crippen molar-refractivity contribution in [1.82, 2.24) is 0 Å². The molecule has 0 aliphatic heterocycles. The maximum Gasteiger partial charge on any atom is 0.306 e. The quantitative estimate of drug-likeness (QED) is 0.0261. The van der Waals surface area contributed by atoms with Gasteiger partial charge in [-0.1, -0.05) is 244 Å². The predicted molar refractivity (Wildman–Crippen MR) is 325 cm³/mol. The van der Waals surface area contributed by atoms with Crippen molar-refractivity contribution in [2.24, 2.45) is 0 Å². The Hall–Kier alpha value is -4.45. The highest BCUT2D eigenvalue weighted by molar-refractivity contribution is 5.71. The van der Waals surface area contributed by atoms with Gasteiger partial charge in [0.25, 0.3) is 0 Å². The van der Waals surface area contributed by atoms with Crippen LogP contribution in [0.3, 0.4) is 0 Å². The molecule has 0 saturated carbocycles. The fourth-order valence-corrected chi connectivity index (χ4v) is 8.08. The minimum Gasteiger partial charge on any atom is -0.462 e. The van der Waals surface area contributed by atoms with Crippen molar-refractivity contribution < 1.29 is 28.6 Å². The molecule has 0 N–H and O–H groups in total. The number of unbranched alkanes of at least 4 members (excludes halogenated alkanes) is 21. The number of rotatable bonds is 54. The van der Waals surface area contributed by atoms with Crippen molar-refractivity contribution in [1.29, 1.82) is 0 Å². The summed E-state index contributed by atoms with van der Waals surface area (Å²) in [6, 6.07) is 0. The molecule has 1 unspecified atom stereocenters. The van der Waals surface area contributed by atoms with Crippen molar-refractivity contribution in [3.63, 3.8) is 0 Å². The van der Waals surface area contributed by atoms with Gasteiger partial charge in [-0.2, -0.15) is 0 Å². The van der Waals surface area contributed by atoms with Crippen molar-refractivity contribution in [2.75, 3.05) is 13.2 Å². The first-order chi connectivity index (χ1) is 37.0. The largest absolute Gasteiger partial charge is 0.462 e. The minimum absolute atomic E-state index is 0.104. The maximum absolute atomic E-state index is 12.9. The first-order valence-corrected chi connectivity index (χ1v) is 30.7. The molecule has 1 atom stereocenters. The lowest BCUT2D eigenvalue weighted by Gasteiger charge is -2.18. The molecule has 0 aromatic carbocycles. The van der Waals surface area contributed by atoms with Gasteiger partial charge in [0.2, 0.25) is 0 Å². The van der Waals surface area contributed by atoms with Gasteiger partial charge < -0.3 is 14.2 Å². The number of ether oxygens (including phenoxy) is 3. The molecule has 75 heavy (non-hydrogen) atoms. The molecule has 6 heteroatoms. The van der Waals surface area contributed by atoms with E-state index in [0.717, 1.165) is 154 Å². The second-order valence-electron chi connectivity index (χ2n) is 19.8. The van der Waals surface area contributed by atoms with Gasteiger partial charge in [-0.15, -0.1) is 0 Å². The Kier molecular flexibility index (Phi) is 58.4. The molecule has 6 nitrogen and oxygen atoms in total. The number of carbonyl (C=O) groups excluding carboxylic acids is 3. The summed E-state index contributed by atoms with van der Waals surface area (Å²) in [5, 5.41) is 0. The van der Waals surface area contributed by atoms with Crippen molar-refractivity contribution in [3.05, 3.63) is 134 Å². The van der Waals surface area contributed by atoms with Crippen LogP contribution in [0.1, 0.15) is 265 Å². The Morgan fingerprint density at radius 3 is 0.813 bits per heavy atom. The topological polar surface area (TPSA) is 78.9 Å². The van der Waals surface area contributed by atoms with Gasteiger partial charge in [-0.25, -0.2) is 0 Å². The van der Waals surface area contributed by atoms with E-state index in [4.69, 9.17) is 14.2 Å². The zero-order chi connectivity index (χ0) is 54.3. The maximum atomic E-state index is 12.9. The monoisotopic (exact) mass is 1040 g/mol. The molecule has 0 spiro atoms. The zero-order valence-corrected chi connectivity index (χ0v) is 48.5. The van der Waals surface area contributed by atoms with E-state index in [-0.39, 0.29) is 37.5 Å². The van der Waals surface area contributed by atoms with E-state index in [1.165, 1.54) is 70.6 Å². The van der Waals surface area contributed by atoms with Gasteiger partial charge in [-0.3, -0.25) is 14.4 Å². The second-order valence-corrected chi connectivity index (χ2v) is 19.8. The van der Waals surface area contributed by atoms with Crippen LogP contribution in [0.15, 0.2) is 134 Å². The van der Waals surface area contributed by atoms with Crippen LogP contribution in [0.5, 0.6) is 0 Å². The fraction of sp³-hybridized carbons (Fsp3) is 0.638. The van der Waals surface area contributed by atoms with Gasteiger partial charge in [0.05, 0.1) is 0 Å². The Bertz CT molecular complexity index is 1620. The fourth-order valence-electron chi connectivity index (χ4n) is 8.08. The number of hydrogen-bond donors (Lipinski definition) is 0. The predicted octanol–water partition coefficient (Wildman–Crippen LogP) is 21.0. The van der Waals surface area contributed by atoms with Crippen molar-refractivity contribution >= 4 is 17.9 Å². The van der Waals surface area contributed by atoms with E-state index < -0.39 is 6.10 Å². The summed E-state index contributed by atoms with van der Waals surface area (Å²) in [5.74, 6) is -0.960. The molecule has 0 rings (SSSR count). The van der Waals surface area contributed by atoms with Gasteiger partial charge >= 0.3 is 17.9 Å². The highest BCUT2D eigenvalue weighted by atomic mass is 16.6. The Labute approximate surface area is 462 Å². The lowest BCUT2D eigenvalue weighted by Crippen LogP contribution is -2.30. The average Bonchev–Trinajstić information content (AvgIpc) is 3.41. The molecular formula is C69H112O6. The van der Waals surface area contributed by atoms with Crippen molar-refractivity contribution in [3.8, 4) is 0 Å². The number of allylic oxidation sites excluding steroid dienone is 22. The lowest BCUT2D eigenvalue weighted by molar-refractivity contribution is -0.167. The van der Waals surface area contributed by atoms with Crippen LogP contribution in [-0.4, -0.2) is 37.2 Å². The van der Waals surface area contributed by atoms with Crippen molar-refractivity contribution in [2.45, 2.75) is 271 Å². The standard InChI is InChI=1S/C69H112O6/c1-4-7-10-13-16-19-22-25-28-31-32-33-34-35-36-39-41-44-47-50-53-56-59-62-68(71)74-65-66(75-69(72)63-60-57-54-51-48-45-42-38-30-27-24-21-18-15-12-9-6-3)64-73-67(70)61-58-55-52-49-46-43-40-37-29-26-23-20-17-14-11-8-5-2/h8-9,11-12,17-18,20-22,25-27,29-32,34-35,40,42-43,45,66H,4-7,10,13-16,19,23-24,28,33,36-39,41,44,46-65H2,1-3H3/b11-8-,12-9-,20-17-,21-18-,25-22-,29-26-,30-27-,32-31-,35-34-,43-40-,45-42-. The first-order valence-electron chi connectivity index (χ1n) is 30.7. The van der Waals surface area contributed by atoms with E-state index in [1.807, 2.05) is 0 Å². The van der Waals surface area contributed by atoms with Crippen LogP contribution in [0, 0.1) is 0 Å². The molecule has 0 aromatic rings. The smallest absolute Gasteiger partial charge is 0.306 e. The number of hydrogen-bond acceptors (Lipinski definition) is 6. The minimum atomic E-state index is -0.811. The summed E-state index contributed by atoms with van der Waals surface area (Å²) >= 11 is 0. The third kappa shape index (κ3) is 60.3. The SMILES string of the molecule is CC/C=C\C/C=C\C/C=C\C/C=C\CCCCCCC(=O)OCC(COC(=O)CCCCCCCCCC/C=C\C/C=C\C/C=C\CCCCCCC)OC(=O)CCCCCC/C=C\C/C=C\C/C=C\C/C=C\CC. The summed E-state index contributed by atoms with van der Waals surface area (Å²) in [4.78, 5) is 38.3. The third-order valence-corrected chi connectivity index (χ3v) is 12.6. The third-order valence-electron chi connectivity index (χ3n) is 12.6. The van der Waals surface area contributed by atoms with Crippen LogP contribution in [0.25, 0.3) is 0 Å². The van der Waals surface area contributed by atoms with E-state index in [2.05, 4.69) is 154 Å². The molecule has 424 valence electrons. The molecule has 0 heterocycles. The highest BCUT2D eigenvalue weighted by Gasteiger charge is 2.19. The van der Waals surface area contributed by atoms with Crippen LogP contribution in [0.2, 0.25) is 0 Å². The molecule has 0 aliphatic rings. The number of carbonyl (C=O) groups is 3. The molecule has 0 aliphatic carbocycles. The molecule has 0 fully saturated rings. The average molecular weight is 1040 g/mol. The van der Waals surface area contributed by atoms with E-state index >= 15 is 0 Å². The summed E-state index contributed by atoms with van der Waals surface area (Å²) < 4.78 is 16.9.